The minimum Gasteiger partial charge on any atom is -0.339 e. The number of halogens is 3. The molecule has 0 rings (SSSR count). The first-order valence-electron chi connectivity index (χ1n) is 3.74. The number of carbonyl (C=O) groups excluding carboxylic acids is 1. The van der Waals surface area contributed by atoms with E-state index in [0.717, 1.165) is 0 Å². The van der Waals surface area contributed by atoms with Crippen molar-refractivity contribution in [2.24, 2.45) is 0 Å². The van der Waals surface area contributed by atoms with Gasteiger partial charge in [0.25, 0.3) is 0 Å². The van der Waals surface area contributed by atoms with Crippen LogP contribution in [0.25, 0.3) is 0 Å². The van der Waals surface area contributed by atoms with Crippen LogP contribution in [-0.4, -0.2) is 19.9 Å². The molecular formula is C6H9F3O4S. The third-order valence-corrected chi connectivity index (χ3v) is 2.19. The fourth-order valence-electron chi connectivity index (χ4n) is 0.532. The highest BCUT2D eigenvalue weighted by atomic mass is 32.2. The Balaban J connectivity index is 4.32. The lowest BCUT2D eigenvalue weighted by Gasteiger charge is -2.07. The van der Waals surface area contributed by atoms with Gasteiger partial charge < -0.3 is 4.18 Å². The minimum absolute atomic E-state index is 0.284. The van der Waals surface area contributed by atoms with E-state index in [1.807, 2.05) is 0 Å². The lowest BCUT2D eigenvalue weighted by atomic mass is 10.3. The second-order valence-corrected chi connectivity index (χ2v) is 4.00. The van der Waals surface area contributed by atoms with Crippen molar-refractivity contribution in [3.05, 3.63) is 0 Å². The van der Waals surface area contributed by atoms with E-state index in [9.17, 15) is 26.4 Å². The number of carbonyl (C=O) groups is 1. The molecule has 0 aromatic rings. The standard InChI is InChI=1S/C6H9F3O4S/c1-2-3-4-5(10)13-14(11,12)6(7,8)9/h2-4H2,1H3. The topological polar surface area (TPSA) is 60.4 Å². The highest BCUT2D eigenvalue weighted by Gasteiger charge is 2.49. The minimum atomic E-state index is -5.78. The van der Waals surface area contributed by atoms with E-state index < -0.39 is 21.6 Å². The maximum atomic E-state index is 11.7. The summed E-state index contributed by atoms with van der Waals surface area (Å²) in [6.07, 6.45) is 0.499. The predicted molar refractivity (Wildman–Crippen MR) is 40.6 cm³/mol. The van der Waals surface area contributed by atoms with Crippen LogP contribution in [0.5, 0.6) is 0 Å². The van der Waals surface area contributed by atoms with Gasteiger partial charge in [-0.3, -0.25) is 4.79 Å². The second-order valence-electron chi connectivity index (χ2n) is 2.46. The smallest absolute Gasteiger partial charge is 0.339 e. The molecule has 0 heterocycles. The SMILES string of the molecule is CCCCC(=O)OS(=O)(=O)C(F)(F)F. The Morgan fingerprint density at radius 1 is 1.36 bits per heavy atom. The van der Waals surface area contributed by atoms with Gasteiger partial charge in [-0.15, -0.1) is 0 Å². The van der Waals surface area contributed by atoms with Crippen molar-refractivity contribution in [2.45, 2.75) is 31.7 Å². The summed E-state index contributed by atoms with van der Waals surface area (Å²) in [6.45, 7) is 1.70. The van der Waals surface area contributed by atoms with Gasteiger partial charge in [0.15, 0.2) is 0 Å². The molecule has 0 aliphatic rings. The largest absolute Gasteiger partial charge is 0.534 e. The summed E-state index contributed by atoms with van der Waals surface area (Å²) in [5, 5.41) is 0. The number of hydrogen-bond acceptors (Lipinski definition) is 4. The molecule has 0 fully saturated rings. The molecule has 4 nitrogen and oxygen atoms in total. The van der Waals surface area contributed by atoms with Gasteiger partial charge in [0.2, 0.25) is 0 Å². The van der Waals surface area contributed by atoms with Crippen LogP contribution >= 0.6 is 0 Å². The molecule has 0 aliphatic heterocycles. The van der Waals surface area contributed by atoms with Crippen LogP contribution < -0.4 is 0 Å². The third kappa shape index (κ3) is 3.95. The second kappa shape index (κ2) is 4.63. The Bertz CT molecular complexity index is 293. The van der Waals surface area contributed by atoms with Crippen molar-refractivity contribution < 1.29 is 30.6 Å². The fourth-order valence-corrected chi connectivity index (χ4v) is 0.955. The molecular weight excluding hydrogens is 225 g/mol. The van der Waals surface area contributed by atoms with Gasteiger partial charge in [0.05, 0.1) is 0 Å². The van der Waals surface area contributed by atoms with E-state index in [1.165, 1.54) is 0 Å². The van der Waals surface area contributed by atoms with Crippen molar-refractivity contribution in [3.8, 4) is 0 Å². The van der Waals surface area contributed by atoms with Gasteiger partial charge in [0, 0.05) is 6.42 Å². The molecule has 0 unspecified atom stereocenters. The van der Waals surface area contributed by atoms with Crippen molar-refractivity contribution in [3.63, 3.8) is 0 Å². The molecule has 0 saturated heterocycles. The summed E-state index contributed by atoms with van der Waals surface area (Å²) >= 11 is 0. The first kappa shape index (κ1) is 13.2. The molecule has 8 heteroatoms. The van der Waals surface area contributed by atoms with Crippen LogP contribution in [0, 0.1) is 0 Å². The molecule has 0 aliphatic carbocycles. The molecule has 0 bridgehead atoms. The van der Waals surface area contributed by atoms with Crippen molar-refractivity contribution >= 4 is 16.1 Å². The number of rotatable bonds is 4. The molecule has 0 radical (unpaired) electrons. The van der Waals surface area contributed by atoms with Gasteiger partial charge in [-0.2, -0.15) is 21.6 Å². The highest BCUT2D eigenvalue weighted by molar-refractivity contribution is 7.88. The van der Waals surface area contributed by atoms with Crippen LogP contribution in [-0.2, 0) is 19.1 Å². The third-order valence-electron chi connectivity index (χ3n) is 1.22. The Labute approximate surface area is 79.2 Å². The maximum Gasteiger partial charge on any atom is 0.534 e. The van der Waals surface area contributed by atoms with Crippen molar-refractivity contribution in [1.82, 2.24) is 0 Å². The molecule has 0 spiro atoms. The average molecular weight is 234 g/mol. The summed E-state index contributed by atoms with van der Waals surface area (Å²) in [4.78, 5) is 10.6. The van der Waals surface area contributed by atoms with Crippen LogP contribution in [0.15, 0.2) is 0 Å². The summed E-state index contributed by atoms with van der Waals surface area (Å²) in [5.41, 5.74) is -5.55. The zero-order valence-electron chi connectivity index (χ0n) is 7.30. The number of hydrogen-bond donors (Lipinski definition) is 0. The van der Waals surface area contributed by atoms with Gasteiger partial charge in [-0.25, -0.2) is 0 Å². The molecule has 0 atom stereocenters. The fraction of sp³-hybridized carbons (Fsp3) is 0.833. The monoisotopic (exact) mass is 234 g/mol. The Morgan fingerprint density at radius 3 is 2.21 bits per heavy atom. The van der Waals surface area contributed by atoms with Crippen LogP contribution in [0.4, 0.5) is 13.2 Å². The van der Waals surface area contributed by atoms with E-state index in [1.54, 1.807) is 6.92 Å². The molecule has 14 heavy (non-hydrogen) atoms. The summed E-state index contributed by atoms with van der Waals surface area (Å²) in [5.74, 6) is -1.39. The maximum absolute atomic E-state index is 11.7. The van der Waals surface area contributed by atoms with E-state index >= 15 is 0 Å². The van der Waals surface area contributed by atoms with E-state index in [0.29, 0.717) is 6.42 Å². The predicted octanol–water partition coefficient (Wildman–Crippen LogP) is 1.57. The van der Waals surface area contributed by atoms with Crippen molar-refractivity contribution in [2.75, 3.05) is 0 Å². The van der Waals surface area contributed by atoms with Gasteiger partial charge in [-0.05, 0) is 6.42 Å². The van der Waals surface area contributed by atoms with E-state index in [-0.39, 0.29) is 12.8 Å². The number of alkyl halides is 3. The van der Waals surface area contributed by atoms with Gasteiger partial charge in [0.1, 0.15) is 0 Å². The zero-order chi connectivity index (χ0) is 11.4. The molecule has 0 aromatic carbocycles. The molecule has 0 aromatic heterocycles. The van der Waals surface area contributed by atoms with Gasteiger partial charge >= 0.3 is 21.6 Å². The first-order valence-corrected chi connectivity index (χ1v) is 5.15. The lowest BCUT2D eigenvalue weighted by molar-refractivity contribution is -0.136. The van der Waals surface area contributed by atoms with E-state index in [4.69, 9.17) is 0 Å². The van der Waals surface area contributed by atoms with E-state index in [2.05, 4.69) is 4.18 Å². The zero-order valence-corrected chi connectivity index (χ0v) is 8.11. The van der Waals surface area contributed by atoms with Crippen LogP contribution in [0.3, 0.4) is 0 Å². The normalized spacial score (nSPS) is 12.6. The summed E-state index contributed by atoms with van der Waals surface area (Å²) < 4.78 is 58.8. The quantitative estimate of drug-likeness (QED) is 0.547. The Hall–Kier alpha value is -0.790. The lowest BCUT2D eigenvalue weighted by Crippen LogP contribution is -2.27. The Kier molecular flexibility index (Phi) is 4.37. The summed E-state index contributed by atoms with van der Waals surface area (Å²) in [7, 11) is -5.78. The molecule has 0 saturated carbocycles. The molecule has 84 valence electrons. The number of unbranched alkanes of at least 4 members (excludes halogenated alkanes) is 1. The van der Waals surface area contributed by atoms with Gasteiger partial charge in [-0.1, -0.05) is 13.3 Å². The van der Waals surface area contributed by atoms with Crippen LogP contribution in [0.1, 0.15) is 26.2 Å². The Morgan fingerprint density at radius 2 is 1.86 bits per heavy atom. The van der Waals surface area contributed by atoms with Crippen LogP contribution in [0.2, 0.25) is 0 Å². The first-order chi connectivity index (χ1) is 6.20. The highest BCUT2D eigenvalue weighted by Crippen LogP contribution is 2.24. The molecule has 0 N–H and O–H groups in total. The average Bonchev–Trinajstić information content (AvgIpc) is 1.97. The molecule has 0 amide bonds. The van der Waals surface area contributed by atoms with Crippen molar-refractivity contribution in [1.29, 1.82) is 0 Å². The summed E-state index contributed by atoms with van der Waals surface area (Å²) in [6, 6.07) is 0.